The standard InChI is InChI=1S/C11H16N2O4S2/c14-11(15)10-7-9(8-18-10)19(16,17)12-3-6-13-4-1-2-5-13/h7-8,12H,1-6H2,(H,14,15). The predicted molar refractivity (Wildman–Crippen MR) is 72.1 cm³/mol. The molecule has 1 fully saturated rings. The molecule has 0 aliphatic carbocycles. The van der Waals surface area contributed by atoms with Gasteiger partial charge in [-0.3, -0.25) is 0 Å². The fourth-order valence-electron chi connectivity index (χ4n) is 2.00. The number of carbonyl (C=O) groups is 1. The number of nitrogens with zero attached hydrogens (tertiary/aromatic N) is 1. The molecule has 1 aliphatic rings. The molecule has 2 rings (SSSR count). The Morgan fingerprint density at radius 2 is 2.11 bits per heavy atom. The number of hydrogen-bond acceptors (Lipinski definition) is 5. The molecule has 0 radical (unpaired) electrons. The van der Waals surface area contributed by atoms with E-state index in [1.54, 1.807) is 0 Å². The van der Waals surface area contributed by atoms with Gasteiger partial charge in [0.1, 0.15) is 4.88 Å². The van der Waals surface area contributed by atoms with Crippen molar-refractivity contribution in [2.24, 2.45) is 0 Å². The van der Waals surface area contributed by atoms with Crippen LogP contribution in [0.15, 0.2) is 16.3 Å². The Bertz CT molecular complexity index is 547. The number of carboxylic acid groups (broad SMARTS) is 1. The van der Waals surface area contributed by atoms with Gasteiger partial charge in [0.2, 0.25) is 10.0 Å². The minimum Gasteiger partial charge on any atom is -0.477 e. The molecule has 0 aromatic carbocycles. The van der Waals surface area contributed by atoms with Crippen LogP contribution in [0.5, 0.6) is 0 Å². The quantitative estimate of drug-likeness (QED) is 0.812. The van der Waals surface area contributed by atoms with Crippen LogP contribution in [0.25, 0.3) is 0 Å². The highest BCUT2D eigenvalue weighted by Crippen LogP contribution is 2.19. The Balaban J connectivity index is 1.91. The van der Waals surface area contributed by atoms with Gasteiger partial charge in [0, 0.05) is 18.5 Å². The topological polar surface area (TPSA) is 86.7 Å². The van der Waals surface area contributed by atoms with E-state index in [4.69, 9.17) is 5.11 Å². The summed E-state index contributed by atoms with van der Waals surface area (Å²) in [5.41, 5.74) is 0. The number of carboxylic acids is 1. The molecule has 1 aromatic heterocycles. The van der Waals surface area contributed by atoms with Gasteiger partial charge in [-0.2, -0.15) is 0 Å². The molecule has 1 aromatic rings. The summed E-state index contributed by atoms with van der Waals surface area (Å²) < 4.78 is 26.4. The maximum Gasteiger partial charge on any atom is 0.345 e. The molecular formula is C11H16N2O4S2. The second-order valence-electron chi connectivity index (χ2n) is 4.40. The highest BCUT2D eigenvalue weighted by Gasteiger charge is 2.19. The smallest absolute Gasteiger partial charge is 0.345 e. The van der Waals surface area contributed by atoms with Crippen molar-refractivity contribution in [3.63, 3.8) is 0 Å². The van der Waals surface area contributed by atoms with Crippen LogP contribution < -0.4 is 4.72 Å². The first-order valence-corrected chi connectivity index (χ1v) is 8.39. The monoisotopic (exact) mass is 304 g/mol. The van der Waals surface area contributed by atoms with E-state index in [2.05, 4.69) is 9.62 Å². The number of rotatable bonds is 6. The summed E-state index contributed by atoms with van der Waals surface area (Å²) in [5, 5.41) is 10.1. The maximum absolute atomic E-state index is 11.9. The van der Waals surface area contributed by atoms with Crippen LogP contribution in [0.2, 0.25) is 0 Å². The lowest BCUT2D eigenvalue weighted by atomic mass is 10.4. The first kappa shape index (κ1) is 14.4. The van der Waals surface area contributed by atoms with Crippen molar-refractivity contribution in [1.29, 1.82) is 0 Å². The normalized spacial score (nSPS) is 16.8. The molecule has 106 valence electrons. The summed E-state index contributed by atoms with van der Waals surface area (Å²) in [6.07, 6.45) is 2.33. The lowest BCUT2D eigenvalue weighted by Gasteiger charge is -2.14. The molecule has 19 heavy (non-hydrogen) atoms. The molecule has 0 unspecified atom stereocenters. The summed E-state index contributed by atoms with van der Waals surface area (Å²) in [6.45, 7) is 3.07. The number of aromatic carboxylic acids is 1. The third-order valence-corrected chi connectivity index (χ3v) is 5.52. The van der Waals surface area contributed by atoms with Crippen molar-refractivity contribution in [2.75, 3.05) is 26.2 Å². The molecule has 0 amide bonds. The molecule has 6 nitrogen and oxygen atoms in total. The zero-order valence-electron chi connectivity index (χ0n) is 10.3. The Hall–Kier alpha value is -0.960. The van der Waals surface area contributed by atoms with E-state index < -0.39 is 16.0 Å². The Morgan fingerprint density at radius 3 is 2.68 bits per heavy atom. The number of sulfonamides is 1. The van der Waals surface area contributed by atoms with Crippen molar-refractivity contribution in [1.82, 2.24) is 9.62 Å². The van der Waals surface area contributed by atoms with Crippen molar-refractivity contribution >= 4 is 27.3 Å². The van der Waals surface area contributed by atoms with Gasteiger partial charge in [-0.25, -0.2) is 17.9 Å². The average Bonchev–Trinajstić information content (AvgIpc) is 2.99. The summed E-state index contributed by atoms with van der Waals surface area (Å²) >= 11 is 0.914. The SMILES string of the molecule is O=C(O)c1cc(S(=O)(=O)NCCN2CCCC2)cs1. The fraction of sp³-hybridized carbons (Fsp3) is 0.545. The van der Waals surface area contributed by atoms with E-state index in [1.165, 1.54) is 24.3 Å². The molecule has 8 heteroatoms. The molecule has 2 heterocycles. The molecule has 0 atom stereocenters. The molecule has 1 saturated heterocycles. The maximum atomic E-state index is 11.9. The lowest BCUT2D eigenvalue weighted by molar-refractivity contribution is 0.0702. The summed E-state index contributed by atoms with van der Waals surface area (Å²) in [6, 6.07) is 1.19. The van der Waals surface area contributed by atoms with Crippen molar-refractivity contribution in [3.05, 3.63) is 16.3 Å². The van der Waals surface area contributed by atoms with E-state index in [9.17, 15) is 13.2 Å². The van der Waals surface area contributed by atoms with Gasteiger partial charge in [0.15, 0.2) is 0 Å². The Kier molecular flexibility index (Phi) is 4.56. The molecule has 0 bridgehead atoms. The van der Waals surface area contributed by atoms with E-state index in [1.807, 2.05) is 0 Å². The Morgan fingerprint density at radius 1 is 1.42 bits per heavy atom. The van der Waals surface area contributed by atoms with E-state index in [0.717, 1.165) is 24.4 Å². The van der Waals surface area contributed by atoms with Crippen LogP contribution in [0.1, 0.15) is 22.5 Å². The minimum atomic E-state index is -3.59. The second-order valence-corrected chi connectivity index (χ2v) is 7.08. The number of hydrogen-bond donors (Lipinski definition) is 2. The van der Waals surface area contributed by atoms with Crippen molar-refractivity contribution in [2.45, 2.75) is 17.7 Å². The van der Waals surface area contributed by atoms with Crippen LogP contribution >= 0.6 is 11.3 Å². The highest BCUT2D eigenvalue weighted by atomic mass is 32.2. The van der Waals surface area contributed by atoms with Crippen molar-refractivity contribution < 1.29 is 18.3 Å². The van der Waals surface area contributed by atoms with Crippen LogP contribution in [0.3, 0.4) is 0 Å². The molecule has 1 aliphatic heterocycles. The van der Waals surface area contributed by atoms with Gasteiger partial charge in [-0.15, -0.1) is 11.3 Å². The van der Waals surface area contributed by atoms with Gasteiger partial charge >= 0.3 is 5.97 Å². The zero-order valence-corrected chi connectivity index (χ0v) is 12.0. The highest BCUT2D eigenvalue weighted by molar-refractivity contribution is 7.89. The van der Waals surface area contributed by atoms with Crippen LogP contribution in [-0.2, 0) is 10.0 Å². The summed E-state index contributed by atoms with van der Waals surface area (Å²) in [5.74, 6) is -1.11. The van der Waals surface area contributed by atoms with Gasteiger partial charge in [-0.1, -0.05) is 0 Å². The molecule has 2 N–H and O–H groups in total. The number of nitrogens with one attached hydrogen (secondary N) is 1. The first-order valence-electron chi connectivity index (χ1n) is 6.03. The molecular weight excluding hydrogens is 288 g/mol. The third-order valence-electron chi connectivity index (χ3n) is 3.02. The molecule has 0 spiro atoms. The van der Waals surface area contributed by atoms with E-state index in [0.29, 0.717) is 13.1 Å². The Labute approximate surface area is 116 Å². The van der Waals surface area contributed by atoms with Crippen LogP contribution in [-0.4, -0.2) is 50.6 Å². The van der Waals surface area contributed by atoms with E-state index >= 15 is 0 Å². The predicted octanol–water partition coefficient (Wildman–Crippen LogP) is 0.820. The largest absolute Gasteiger partial charge is 0.477 e. The third kappa shape index (κ3) is 3.75. The first-order chi connectivity index (χ1) is 8.99. The fourth-order valence-corrected chi connectivity index (χ4v) is 4.13. The zero-order chi connectivity index (χ0) is 13.9. The van der Waals surface area contributed by atoms with Gasteiger partial charge in [-0.05, 0) is 32.0 Å². The van der Waals surface area contributed by atoms with Crippen molar-refractivity contribution in [3.8, 4) is 0 Å². The number of likely N-dealkylation sites (tertiary alicyclic amines) is 1. The lowest BCUT2D eigenvalue weighted by Crippen LogP contribution is -2.33. The van der Waals surface area contributed by atoms with Crippen LogP contribution in [0, 0.1) is 0 Å². The van der Waals surface area contributed by atoms with E-state index in [-0.39, 0.29) is 9.77 Å². The average molecular weight is 304 g/mol. The second kappa shape index (κ2) is 6.00. The summed E-state index contributed by atoms with van der Waals surface area (Å²) in [7, 11) is -3.59. The van der Waals surface area contributed by atoms with Crippen LogP contribution in [0.4, 0.5) is 0 Å². The minimum absolute atomic E-state index is 0.0244. The molecule has 0 saturated carbocycles. The van der Waals surface area contributed by atoms with Gasteiger partial charge in [0.25, 0.3) is 0 Å². The van der Waals surface area contributed by atoms with Gasteiger partial charge < -0.3 is 10.0 Å². The van der Waals surface area contributed by atoms with Gasteiger partial charge in [0.05, 0.1) is 4.90 Å². The number of thiophene rings is 1. The summed E-state index contributed by atoms with van der Waals surface area (Å²) in [4.78, 5) is 13.0.